The molecule has 3 unspecified atom stereocenters. The highest BCUT2D eigenvalue weighted by molar-refractivity contribution is 7.91. The van der Waals surface area contributed by atoms with Crippen molar-refractivity contribution in [2.75, 3.05) is 24.6 Å². The van der Waals surface area contributed by atoms with Gasteiger partial charge in [0.2, 0.25) is 0 Å². The summed E-state index contributed by atoms with van der Waals surface area (Å²) in [5, 5.41) is 7.29. The number of hydrogen-bond acceptors (Lipinski definition) is 3. The fourth-order valence-electron chi connectivity index (χ4n) is 5.28. The molecule has 0 spiro atoms. The molecule has 2 N–H and O–H groups in total. The minimum absolute atomic E-state index is 0.187. The van der Waals surface area contributed by atoms with Crippen LogP contribution < -0.4 is 10.6 Å². The molecule has 0 bridgehead atoms. The second-order valence-electron chi connectivity index (χ2n) is 9.60. The molecule has 0 radical (unpaired) electrons. The maximum absolute atomic E-state index is 11.7. The molecule has 27 heavy (non-hydrogen) atoms. The monoisotopic (exact) mass is 397 g/mol. The SMILES string of the molecule is CC1CC(C)CC(NC(=NCC2CCS(=O)(=O)C2)NCC2CCCCC2)C1. The van der Waals surface area contributed by atoms with E-state index in [9.17, 15) is 8.42 Å². The number of nitrogens with zero attached hydrogens (tertiary/aromatic N) is 1. The lowest BCUT2D eigenvalue weighted by atomic mass is 9.80. The van der Waals surface area contributed by atoms with Crippen LogP contribution in [0.25, 0.3) is 0 Å². The van der Waals surface area contributed by atoms with Gasteiger partial charge in [-0.3, -0.25) is 4.99 Å². The van der Waals surface area contributed by atoms with Gasteiger partial charge in [-0.25, -0.2) is 8.42 Å². The smallest absolute Gasteiger partial charge is 0.191 e. The Kier molecular flexibility index (Phi) is 7.46. The quantitative estimate of drug-likeness (QED) is 0.551. The first kappa shape index (κ1) is 20.9. The van der Waals surface area contributed by atoms with Crippen LogP contribution in [0.5, 0.6) is 0 Å². The van der Waals surface area contributed by atoms with Gasteiger partial charge in [-0.15, -0.1) is 0 Å². The van der Waals surface area contributed by atoms with Crippen molar-refractivity contribution in [3.8, 4) is 0 Å². The summed E-state index contributed by atoms with van der Waals surface area (Å²) in [6.07, 6.45) is 11.2. The molecule has 0 aromatic heterocycles. The normalized spacial score (nSPS) is 35.1. The van der Waals surface area contributed by atoms with E-state index in [1.165, 1.54) is 51.4 Å². The van der Waals surface area contributed by atoms with Gasteiger partial charge in [0.15, 0.2) is 15.8 Å². The molecular weight excluding hydrogens is 358 g/mol. The number of aliphatic imine (C=N–C) groups is 1. The van der Waals surface area contributed by atoms with E-state index in [1.807, 2.05) is 0 Å². The summed E-state index contributed by atoms with van der Waals surface area (Å²) in [5.74, 6) is 4.01. The molecule has 5 nitrogen and oxygen atoms in total. The van der Waals surface area contributed by atoms with Gasteiger partial charge >= 0.3 is 0 Å². The fraction of sp³-hybridized carbons (Fsp3) is 0.952. The fourth-order valence-corrected chi connectivity index (χ4v) is 7.13. The second kappa shape index (κ2) is 9.62. The van der Waals surface area contributed by atoms with Crippen molar-refractivity contribution >= 4 is 15.8 Å². The number of hydrogen-bond donors (Lipinski definition) is 2. The first-order chi connectivity index (χ1) is 12.9. The number of nitrogens with one attached hydrogen (secondary N) is 2. The lowest BCUT2D eigenvalue weighted by molar-refractivity contribution is 0.254. The molecule has 3 fully saturated rings. The Morgan fingerprint density at radius 3 is 2.30 bits per heavy atom. The maximum atomic E-state index is 11.7. The molecule has 1 saturated heterocycles. The Morgan fingerprint density at radius 2 is 1.67 bits per heavy atom. The zero-order valence-electron chi connectivity index (χ0n) is 17.3. The third-order valence-corrected chi connectivity index (χ3v) is 8.47. The predicted octanol–water partition coefficient (Wildman–Crippen LogP) is 3.36. The van der Waals surface area contributed by atoms with Crippen molar-refractivity contribution < 1.29 is 8.42 Å². The van der Waals surface area contributed by atoms with Crippen molar-refractivity contribution in [3.63, 3.8) is 0 Å². The molecular formula is C21H39N3O2S. The Balaban J connectivity index is 1.57. The summed E-state index contributed by atoms with van der Waals surface area (Å²) in [5.41, 5.74) is 0. The summed E-state index contributed by atoms with van der Waals surface area (Å²) in [6.45, 7) is 6.31. The molecule has 0 amide bonds. The number of guanidine groups is 1. The van der Waals surface area contributed by atoms with E-state index >= 15 is 0 Å². The molecule has 2 saturated carbocycles. The van der Waals surface area contributed by atoms with Gasteiger partial charge < -0.3 is 10.6 Å². The van der Waals surface area contributed by atoms with Crippen LogP contribution in [-0.2, 0) is 9.84 Å². The predicted molar refractivity (Wildman–Crippen MR) is 113 cm³/mol. The van der Waals surface area contributed by atoms with Crippen LogP contribution in [0.2, 0.25) is 0 Å². The van der Waals surface area contributed by atoms with Gasteiger partial charge in [0.05, 0.1) is 11.5 Å². The summed E-state index contributed by atoms with van der Waals surface area (Å²) in [4.78, 5) is 4.83. The van der Waals surface area contributed by atoms with E-state index in [4.69, 9.17) is 4.99 Å². The topological polar surface area (TPSA) is 70.6 Å². The first-order valence-corrected chi connectivity index (χ1v) is 13.0. The van der Waals surface area contributed by atoms with E-state index < -0.39 is 9.84 Å². The zero-order valence-corrected chi connectivity index (χ0v) is 18.1. The van der Waals surface area contributed by atoms with E-state index in [2.05, 4.69) is 24.5 Å². The van der Waals surface area contributed by atoms with E-state index in [0.717, 1.165) is 36.7 Å². The Hall–Kier alpha value is -0.780. The molecule has 1 aliphatic heterocycles. The van der Waals surface area contributed by atoms with Crippen LogP contribution >= 0.6 is 0 Å². The average Bonchev–Trinajstić information content (AvgIpc) is 2.96. The van der Waals surface area contributed by atoms with Crippen LogP contribution in [0.3, 0.4) is 0 Å². The van der Waals surface area contributed by atoms with Crippen LogP contribution in [0.15, 0.2) is 4.99 Å². The molecule has 2 aliphatic carbocycles. The highest BCUT2D eigenvalue weighted by Gasteiger charge is 2.28. The van der Waals surface area contributed by atoms with Crippen molar-refractivity contribution in [2.45, 2.75) is 77.7 Å². The van der Waals surface area contributed by atoms with Crippen LogP contribution in [-0.4, -0.2) is 45.0 Å². The molecule has 3 rings (SSSR count). The molecule has 156 valence electrons. The zero-order chi connectivity index (χ0) is 19.3. The third-order valence-electron chi connectivity index (χ3n) is 6.64. The van der Waals surface area contributed by atoms with Gasteiger partial charge in [0, 0.05) is 19.1 Å². The summed E-state index contributed by atoms with van der Waals surface area (Å²) in [6, 6.07) is 0.480. The van der Waals surface area contributed by atoms with E-state index in [-0.39, 0.29) is 5.92 Å². The van der Waals surface area contributed by atoms with Crippen molar-refractivity contribution in [2.24, 2.45) is 28.7 Å². The largest absolute Gasteiger partial charge is 0.356 e. The van der Waals surface area contributed by atoms with Gasteiger partial charge in [0.25, 0.3) is 0 Å². The van der Waals surface area contributed by atoms with Crippen LogP contribution in [0.1, 0.15) is 71.6 Å². The molecule has 3 aliphatic rings. The lowest BCUT2D eigenvalue weighted by Gasteiger charge is -2.33. The minimum Gasteiger partial charge on any atom is -0.356 e. The molecule has 6 heteroatoms. The highest BCUT2D eigenvalue weighted by Crippen LogP contribution is 2.28. The average molecular weight is 398 g/mol. The van der Waals surface area contributed by atoms with Crippen molar-refractivity contribution in [1.29, 1.82) is 0 Å². The molecule has 3 atom stereocenters. The Morgan fingerprint density at radius 1 is 0.963 bits per heavy atom. The Bertz CT molecular complexity index is 589. The molecule has 0 aromatic rings. The van der Waals surface area contributed by atoms with Gasteiger partial charge in [0.1, 0.15) is 0 Å². The van der Waals surface area contributed by atoms with E-state index in [1.54, 1.807) is 0 Å². The lowest BCUT2D eigenvalue weighted by Crippen LogP contribution is -2.47. The summed E-state index contributed by atoms with van der Waals surface area (Å²) >= 11 is 0. The summed E-state index contributed by atoms with van der Waals surface area (Å²) in [7, 11) is -2.82. The van der Waals surface area contributed by atoms with Gasteiger partial charge in [-0.1, -0.05) is 33.1 Å². The molecule has 0 aromatic carbocycles. The molecule has 1 heterocycles. The van der Waals surface area contributed by atoms with E-state index in [0.29, 0.717) is 24.1 Å². The third kappa shape index (κ3) is 6.95. The summed E-state index contributed by atoms with van der Waals surface area (Å²) < 4.78 is 23.5. The van der Waals surface area contributed by atoms with Crippen molar-refractivity contribution in [1.82, 2.24) is 10.6 Å². The standard InChI is InChI=1S/C21H39N3O2S/c1-16-10-17(2)12-20(11-16)24-21(22-13-18-6-4-3-5-7-18)23-14-19-8-9-27(25,26)15-19/h16-20H,3-15H2,1-2H3,(H2,22,23,24). The maximum Gasteiger partial charge on any atom is 0.191 e. The van der Waals surface area contributed by atoms with Crippen LogP contribution in [0.4, 0.5) is 0 Å². The number of rotatable bonds is 5. The second-order valence-corrected chi connectivity index (χ2v) is 11.8. The van der Waals surface area contributed by atoms with Gasteiger partial charge in [-0.2, -0.15) is 0 Å². The first-order valence-electron chi connectivity index (χ1n) is 11.1. The Labute approximate surface area is 166 Å². The number of sulfone groups is 1. The van der Waals surface area contributed by atoms with Gasteiger partial charge in [-0.05, 0) is 62.2 Å². The van der Waals surface area contributed by atoms with Crippen molar-refractivity contribution in [3.05, 3.63) is 0 Å². The van der Waals surface area contributed by atoms with Crippen LogP contribution in [0, 0.1) is 23.7 Å². The minimum atomic E-state index is -2.82. The highest BCUT2D eigenvalue weighted by atomic mass is 32.2.